The third-order valence-electron chi connectivity index (χ3n) is 4.78. The SMILES string of the molecule is CCc1c(/C=C/c2cccs2)nc2n(c1=O)C1CC1(C(=O)O)C=C2. The van der Waals surface area contributed by atoms with Crippen LogP contribution in [-0.2, 0) is 11.2 Å². The predicted molar refractivity (Wildman–Crippen MR) is 93.9 cm³/mol. The summed E-state index contributed by atoms with van der Waals surface area (Å²) in [5, 5.41) is 11.4. The van der Waals surface area contributed by atoms with Crippen LogP contribution in [0.4, 0.5) is 0 Å². The number of carbonyl (C=O) groups is 1. The summed E-state index contributed by atoms with van der Waals surface area (Å²) in [6.45, 7) is 1.92. The second-order valence-corrected chi connectivity index (χ2v) is 7.09. The lowest BCUT2D eigenvalue weighted by atomic mass is 10.0. The number of thiophene rings is 1. The number of aliphatic carboxylic acids is 1. The first kappa shape index (κ1) is 15.1. The molecule has 2 atom stereocenters. The molecule has 0 bridgehead atoms. The largest absolute Gasteiger partial charge is 0.481 e. The fourth-order valence-electron chi connectivity index (χ4n) is 3.33. The van der Waals surface area contributed by atoms with E-state index in [1.165, 1.54) is 0 Å². The maximum absolute atomic E-state index is 12.9. The van der Waals surface area contributed by atoms with E-state index in [-0.39, 0.29) is 11.6 Å². The molecule has 1 aliphatic carbocycles. The van der Waals surface area contributed by atoms with E-state index in [0.717, 1.165) is 4.88 Å². The van der Waals surface area contributed by atoms with Gasteiger partial charge in [0.15, 0.2) is 0 Å². The zero-order chi connectivity index (χ0) is 16.9. The fourth-order valence-corrected chi connectivity index (χ4v) is 3.94. The molecule has 0 amide bonds. The molecular formula is C18H16N2O3S. The quantitative estimate of drug-likeness (QED) is 0.928. The summed E-state index contributed by atoms with van der Waals surface area (Å²) in [5.74, 6) is -0.330. The fraction of sp³-hybridized carbons (Fsp3) is 0.278. The molecular weight excluding hydrogens is 324 g/mol. The summed E-state index contributed by atoms with van der Waals surface area (Å²) < 4.78 is 1.56. The molecule has 1 saturated carbocycles. The molecule has 0 saturated heterocycles. The molecule has 2 aromatic heterocycles. The van der Waals surface area contributed by atoms with Gasteiger partial charge in [0.25, 0.3) is 5.56 Å². The number of fused-ring (bicyclic) bond motifs is 3. The Balaban J connectivity index is 1.82. The minimum Gasteiger partial charge on any atom is -0.481 e. The van der Waals surface area contributed by atoms with Gasteiger partial charge >= 0.3 is 5.97 Å². The minimum absolute atomic E-state index is 0.120. The van der Waals surface area contributed by atoms with Crippen LogP contribution in [0.15, 0.2) is 28.4 Å². The Morgan fingerprint density at radius 2 is 2.38 bits per heavy atom. The minimum atomic E-state index is -0.919. The molecule has 122 valence electrons. The van der Waals surface area contributed by atoms with E-state index >= 15 is 0 Å². The number of aromatic nitrogens is 2. The van der Waals surface area contributed by atoms with Gasteiger partial charge in [-0.15, -0.1) is 11.3 Å². The van der Waals surface area contributed by atoms with Gasteiger partial charge in [-0.3, -0.25) is 14.2 Å². The molecule has 2 aromatic rings. The van der Waals surface area contributed by atoms with Gasteiger partial charge in [-0.05, 0) is 42.5 Å². The molecule has 24 heavy (non-hydrogen) atoms. The van der Waals surface area contributed by atoms with Gasteiger partial charge in [-0.25, -0.2) is 4.98 Å². The van der Waals surface area contributed by atoms with Crippen LogP contribution >= 0.6 is 11.3 Å². The monoisotopic (exact) mass is 340 g/mol. The Bertz CT molecular complexity index is 940. The summed E-state index contributed by atoms with van der Waals surface area (Å²) in [4.78, 5) is 30.1. The second kappa shape index (κ2) is 5.27. The van der Waals surface area contributed by atoms with E-state index in [2.05, 4.69) is 4.98 Å². The van der Waals surface area contributed by atoms with Crippen LogP contribution in [0.25, 0.3) is 18.2 Å². The Hall–Kier alpha value is -2.47. The topological polar surface area (TPSA) is 72.2 Å². The highest BCUT2D eigenvalue weighted by atomic mass is 32.1. The molecule has 2 unspecified atom stereocenters. The highest BCUT2D eigenvalue weighted by molar-refractivity contribution is 7.10. The van der Waals surface area contributed by atoms with E-state index in [1.54, 1.807) is 28.1 Å². The lowest BCUT2D eigenvalue weighted by Gasteiger charge is -2.19. The third-order valence-corrected chi connectivity index (χ3v) is 5.61. The zero-order valence-electron chi connectivity index (χ0n) is 13.1. The summed E-state index contributed by atoms with van der Waals surface area (Å²) in [5.41, 5.74) is 0.256. The van der Waals surface area contributed by atoms with Gasteiger partial charge in [0.05, 0.1) is 11.7 Å². The summed E-state index contributed by atoms with van der Waals surface area (Å²) in [7, 11) is 0. The first-order chi connectivity index (χ1) is 11.6. The van der Waals surface area contributed by atoms with E-state index in [1.807, 2.05) is 36.6 Å². The van der Waals surface area contributed by atoms with Crippen LogP contribution in [0.1, 0.15) is 41.3 Å². The number of rotatable bonds is 4. The van der Waals surface area contributed by atoms with Gasteiger partial charge in [0.2, 0.25) is 0 Å². The lowest BCUT2D eigenvalue weighted by molar-refractivity contribution is -0.141. The van der Waals surface area contributed by atoms with Crippen LogP contribution in [-0.4, -0.2) is 20.6 Å². The summed E-state index contributed by atoms with van der Waals surface area (Å²) in [6.07, 6.45) is 8.19. The summed E-state index contributed by atoms with van der Waals surface area (Å²) >= 11 is 1.62. The van der Waals surface area contributed by atoms with Gasteiger partial charge in [0, 0.05) is 10.4 Å². The Labute approximate surface area is 142 Å². The van der Waals surface area contributed by atoms with Crippen molar-refractivity contribution in [2.75, 3.05) is 0 Å². The maximum Gasteiger partial charge on any atom is 0.315 e. The first-order valence-electron chi connectivity index (χ1n) is 7.86. The average molecular weight is 340 g/mol. The van der Waals surface area contributed by atoms with Crippen LogP contribution in [0.3, 0.4) is 0 Å². The molecule has 1 aliphatic heterocycles. The first-order valence-corrected chi connectivity index (χ1v) is 8.74. The van der Waals surface area contributed by atoms with Crippen LogP contribution in [0.5, 0.6) is 0 Å². The van der Waals surface area contributed by atoms with Crippen LogP contribution in [0, 0.1) is 5.41 Å². The molecule has 0 spiro atoms. The number of carboxylic acid groups (broad SMARTS) is 1. The van der Waals surface area contributed by atoms with Gasteiger partial charge in [-0.1, -0.05) is 19.1 Å². The highest BCUT2D eigenvalue weighted by Gasteiger charge is 2.62. The molecule has 1 N–H and O–H groups in total. The van der Waals surface area contributed by atoms with Crippen molar-refractivity contribution in [1.82, 2.24) is 9.55 Å². The smallest absolute Gasteiger partial charge is 0.315 e. The highest BCUT2D eigenvalue weighted by Crippen LogP contribution is 2.59. The molecule has 3 heterocycles. The summed E-state index contributed by atoms with van der Waals surface area (Å²) in [6, 6.07) is 3.67. The van der Waals surface area contributed by atoms with Crippen molar-refractivity contribution in [2.24, 2.45) is 5.41 Å². The zero-order valence-corrected chi connectivity index (χ0v) is 13.9. The van der Waals surface area contributed by atoms with E-state index in [9.17, 15) is 14.7 Å². The van der Waals surface area contributed by atoms with Crippen molar-refractivity contribution in [1.29, 1.82) is 0 Å². The molecule has 1 fully saturated rings. The van der Waals surface area contributed by atoms with Gasteiger partial charge in [0.1, 0.15) is 11.2 Å². The van der Waals surface area contributed by atoms with Crippen LogP contribution in [0.2, 0.25) is 0 Å². The van der Waals surface area contributed by atoms with Crippen molar-refractivity contribution in [3.05, 3.63) is 55.9 Å². The number of hydrogen-bond donors (Lipinski definition) is 1. The Morgan fingerprint density at radius 3 is 3.04 bits per heavy atom. The normalized spacial score (nSPS) is 24.0. The van der Waals surface area contributed by atoms with Crippen molar-refractivity contribution in [2.45, 2.75) is 25.8 Å². The second-order valence-electron chi connectivity index (χ2n) is 6.11. The Kier molecular flexibility index (Phi) is 3.31. The van der Waals surface area contributed by atoms with Gasteiger partial charge in [-0.2, -0.15) is 0 Å². The maximum atomic E-state index is 12.9. The van der Waals surface area contributed by atoms with Crippen LogP contribution < -0.4 is 5.56 Å². The number of hydrogen-bond acceptors (Lipinski definition) is 4. The Morgan fingerprint density at radius 1 is 1.54 bits per heavy atom. The standard InChI is InChI=1S/C18H16N2O3S/c1-2-12-13(6-5-11-4-3-9-24-11)19-15-7-8-18(17(22)23)10-14(18)20(15)16(12)21/h3-9,14H,2,10H2,1H3,(H,22,23)/b6-5+. The molecule has 4 rings (SSSR count). The molecule has 0 radical (unpaired) electrons. The van der Waals surface area contributed by atoms with Crippen molar-refractivity contribution < 1.29 is 9.90 Å². The number of carboxylic acids is 1. The van der Waals surface area contributed by atoms with E-state index < -0.39 is 11.4 Å². The predicted octanol–water partition coefficient (Wildman–Crippen LogP) is 3.08. The molecule has 5 nitrogen and oxygen atoms in total. The lowest BCUT2D eigenvalue weighted by Crippen LogP contribution is -2.32. The van der Waals surface area contributed by atoms with Crippen molar-refractivity contribution in [3.8, 4) is 0 Å². The average Bonchev–Trinajstić information content (AvgIpc) is 3.10. The third kappa shape index (κ3) is 2.10. The molecule has 2 aliphatic rings. The molecule has 0 aromatic carbocycles. The van der Waals surface area contributed by atoms with Crippen molar-refractivity contribution in [3.63, 3.8) is 0 Å². The van der Waals surface area contributed by atoms with Crippen molar-refractivity contribution >= 4 is 35.5 Å². The number of nitrogens with zero attached hydrogens (tertiary/aromatic N) is 2. The molecule has 6 heteroatoms. The van der Waals surface area contributed by atoms with Gasteiger partial charge < -0.3 is 5.11 Å². The van der Waals surface area contributed by atoms with E-state index in [4.69, 9.17) is 0 Å². The van der Waals surface area contributed by atoms with E-state index in [0.29, 0.717) is 29.9 Å².